The molecule has 2 unspecified atom stereocenters. The van der Waals surface area contributed by atoms with E-state index in [2.05, 4.69) is 0 Å². The summed E-state index contributed by atoms with van der Waals surface area (Å²) < 4.78 is 14.0. The number of thioether (sulfide) groups is 1. The summed E-state index contributed by atoms with van der Waals surface area (Å²) in [6, 6.07) is 4.99. The van der Waals surface area contributed by atoms with Gasteiger partial charge >= 0.3 is 5.97 Å². The number of aliphatic carboxylic acids is 1. The van der Waals surface area contributed by atoms with Crippen LogP contribution in [-0.4, -0.2) is 38.8 Å². The van der Waals surface area contributed by atoms with E-state index in [1.165, 1.54) is 30.0 Å². The van der Waals surface area contributed by atoms with E-state index in [1.54, 1.807) is 6.07 Å². The van der Waals surface area contributed by atoms with E-state index >= 15 is 0 Å². The Morgan fingerprint density at radius 1 is 1.45 bits per heavy atom. The smallest absolute Gasteiger partial charge is 0.305 e. The summed E-state index contributed by atoms with van der Waals surface area (Å²) in [5.41, 5.74) is 0.187. The Morgan fingerprint density at radius 2 is 2.14 bits per heavy atom. The monoisotopic (exact) mass is 325 g/mol. The van der Waals surface area contributed by atoms with Crippen molar-refractivity contribution >= 4 is 28.8 Å². The number of benzene rings is 1. The van der Waals surface area contributed by atoms with Crippen LogP contribution in [-0.2, 0) is 14.4 Å². The van der Waals surface area contributed by atoms with Gasteiger partial charge in [-0.25, -0.2) is 4.39 Å². The van der Waals surface area contributed by atoms with Crippen LogP contribution in [0, 0.1) is 5.82 Å². The van der Waals surface area contributed by atoms with E-state index < -0.39 is 17.8 Å². The van der Waals surface area contributed by atoms with Gasteiger partial charge in [0.1, 0.15) is 5.82 Å². The van der Waals surface area contributed by atoms with Crippen molar-refractivity contribution in [2.24, 2.45) is 0 Å². The van der Waals surface area contributed by atoms with Crippen molar-refractivity contribution in [1.29, 1.82) is 0 Å². The van der Waals surface area contributed by atoms with Crippen LogP contribution in [0.3, 0.4) is 0 Å². The van der Waals surface area contributed by atoms with E-state index in [9.17, 15) is 18.8 Å². The summed E-state index contributed by atoms with van der Waals surface area (Å²) in [5.74, 6) is -1.90. The number of nitrogens with zero attached hydrogens (tertiary/aromatic N) is 1. The van der Waals surface area contributed by atoms with Crippen molar-refractivity contribution in [3.05, 3.63) is 35.6 Å². The molecule has 1 aliphatic rings. The Hall–Kier alpha value is -1.89. The molecule has 1 N–H and O–H groups in total. The molecule has 0 aliphatic carbocycles. The highest BCUT2D eigenvalue weighted by Gasteiger charge is 2.37. The normalized spacial score (nSPS) is 19.3. The van der Waals surface area contributed by atoms with Crippen molar-refractivity contribution in [3.8, 4) is 0 Å². The highest BCUT2D eigenvalue weighted by molar-refractivity contribution is 8.14. The molecule has 118 valence electrons. The first kappa shape index (κ1) is 16.5. The van der Waals surface area contributed by atoms with E-state index in [1.807, 2.05) is 0 Å². The van der Waals surface area contributed by atoms with Crippen LogP contribution >= 0.6 is 11.8 Å². The van der Waals surface area contributed by atoms with Crippen LogP contribution in [0.1, 0.15) is 31.4 Å². The highest BCUT2D eigenvalue weighted by Crippen LogP contribution is 2.34. The Labute approximate surface area is 131 Å². The van der Waals surface area contributed by atoms with Crippen LogP contribution in [0.4, 0.5) is 4.39 Å². The lowest BCUT2D eigenvalue weighted by Crippen LogP contribution is -2.32. The molecule has 1 aliphatic heterocycles. The van der Waals surface area contributed by atoms with Gasteiger partial charge in [-0.3, -0.25) is 14.4 Å². The van der Waals surface area contributed by atoms with Crippen LogP contribution in [0.5, 0.6) is 0 Å². The lowest BCUT2D eigenvalue weighted by Gasteiger charge is -2.27. The SMILES string of the molecule is CC(=O)SC1CC(=O)N(C(CC(=O)O)c2ccccc2F)C1. The molecule has 0 bridgehead atoms. The number of rotatable bonds is 5. The largest absolute Gasteiger partial charge is 0.481 e. The van der Waals surface area contributed by atoms with E-state index in [4.69, 9.17) is 5.11 Å². The fourth-order valence-electron chi connectivity index (χ4n) is 2.61. The van der Waals surface area contributed by atoms with Crippen molar-refractivity contribution in [3.63, 3.8) is 0 Å². The second kappa shape index (κ2) is 6.91. The summed E-state index contributed by atoms with van der Waals surface area (Å²) in [5, 5.41) is 8.76. The minimum Gasteiger partial charge on any atom is -0.481 e. The summed E-state index contributed by atoms with van der Waals surface area (Å²) >= 11 is 1.06. The second-order valence-electron chi connectivity index (χ2n) is 5.12. The minimum atomic E-state index is -1.11. The zero-order valence-corrected chi connectivity index (χ0v) is 12.8. The topological polar surface area (TPSA) is 74.7 Å². The first-order valence-corrected chi connectivity index (χ1v) is 7.69. The Balaban J connectivity index is 2.26. The lowest BCUT2D eigenvalue weighted by atomic mass is 10.0. The zero-order chi connectivity index (χ0) is 16.3. The summed E-state index contributed by atoms with van der Waals surface area (Å²) in [4.78, 5) is 35.8. The van der Waals surface area contributed by atoms with Crippen LogP contribution in [0.25, 0.3) is 0 Å². The number of carbonyl (C=O) groups excluding carboxylic acids is 2. The third-order valence-electron chi connectivity index (χ3n) is 3.46. The molecule has 2 rings (SSSR count). The minimum absolute atomic E-state index is 0.0969. The summed E-state index contributed by atoms with van der Waals surface area (Å²) in [7, 11) is 0. The van der Waals surface area contributed by atoms with Gasteiger partial charge in [0, 0.05) is 30.7 Å². The first-order chi connectivity index (χ1) is 10.4. The average molecular weight is 325 g/mol. The predicted molar refractivity (Wildman–Crippen MR) is 79.8 cm³/mol. The number of amides is 1. The second-order valence-corrected chi connectivity index (χ2v) is 6.59. The Morgan fingerprint density at radius 3 is 2.73 bits per heavy atom. The number of carboxylic acids is 1. The van der Waals surface area contributed by atoms with Gasteiger partial charge in [0.25, 0.3) is 0 Å². The van der Waals surface area contributed by atoms with E-state index in [-0.39, 0.29) is 41.2 Å². The molecule has 0 saturated carbocycles. The third kappa shape index (κ3) is 3.85. The molecular weight excluding hydrogens is 309 g/mol. The summed E-state index contributed by atoms with van der Waals surface area (Å²) in [6.45, 7) is 1.67. The van der Waals surface area contributed by atoms with Crippen LogP contribution in [0.15, 0.2) is 24.3 Å². The number of carbonyl (C=O) groups is 3. The first-order valence-electron chi connectivity index (χ1n) is 6.81. The molecule has 0 radical (unpaired) electrons. The van der Waals surface area contributed by atoms with Gasteiger partial charge in [0.15, 0.2) is 5.12 Å². The van der Waals surface area contributed by atoms with Gasteiger partial charge in [-0.05, 0) is 6.07 Å². The zero-order valence-electron chi connectivity index (χ0n) is 12.0. The van der Waals surface area contributed by atoms with Crippen LogP contribution in [0.2, 0.25) is 0 Å². The Kier molecular flexibility index (Phi) is 5.18. The fraction of sp³-hybridized carbons (Fsp3) is 0.400. The molecule has 1 aromatic carbocycles. The average Bonchev–Trinajstić information content (AvgIpc) is 2.76. The standard InChI is InChI=1S/C15H16FNO4S/c1-9(18)22-10-6-14(19)17(8-10)13(7-15(20)21)11-4-2-3-5-12(11)16/h2-5,10,13H,6-8H2,1H3,(H,20,21). The van der Waals surface area contributed by atoms with Crippen molar-refractivity contribution in [1.82, 2.24) is 4.90 Å². The quantitative estimate of drug-likeness (QED) is 0.898. The molecule has 2 atom stereocenters. The molecular formula is C15H16FNO4S. The molecule has 0 aromatic heterocycles. The highest BCUT2D eigenvalue weighted by atomic mass is 32.2. The lowest BCUT2D eigenvalue weighted by molar-refractivity contribution is -0.140. The maximum absolute atomic E-state index is 14.0. The fourth-order valence-corrected chi connectivity index (χ4v) is 3.54. The molecule has 0 spiro atoms. The van der Waals surface area contributed by atoms with E-state index in [0.29, 0.717) is 0 Å². The van der Waals surface area contributed by atoms with E-state index in [0.717, 1.165) is 11.8 Å². The Bertz CT molecular complexity index is 607. The van der Waals surface area contributed by atoms with Gasteiger partial charge in [-0.15, -0.1) is 0 Å². The van der Waals surface area contributed by atoms with Gasteiger partial charge in [0.2, 0.25) is 5.91 Å². The number of hydrogen-bond donors (Lipinski definition) is 1. The molecule has 22 heavy (non-hydrogen) atoms. The number of halogens is 1. The van der Waals surface area contributed by atoms with Crippen molar-refractivity contribution in [2.75, 3.05) is 6.54 Å². The molecule has 1 heterocycles. The predicted octanol–water partition coefficient (Wildman–Crippen LogP) is 2.22. The van der Waals surface area contributed by atoms with Crippen molar-refractivity contribution in [2.45, 2.75) is 31.1 Å². The molecule has 7 heteroatoms. The van der Waals surface area contributed by atoms with Crippen molar-refractivity contribution < 1.29 is 23.9 Å². The van der Waals surface area contributed by atoms with Gasteiger partial charge < -0.3 is 10.0 Å². The van der Waals surface area contributed by atoms with Crippen LogP contribution < -0.4 is 0 Å². The van der Waals surface area contributed by atoms with Gasteiger partial charge in [0.05, 0.1) is 12.5 Å². The third-order valence-corrected chi connectivity index (χ3v) is 4.45. The number of hydrogen-bond acceptors (Lipinski definition) is 4. The number of likely N-dealkylation sites (tertiary alicyclic amines) is 1. The molecule has 5 nitrogen and oxygen atoms in total. The molecule has 1 aromatic rings. The molecule has 1 saturated heterocycles. The summed E-state index contributed by atoms with van der Waals surface area (Å²) in [6.07, 6.45) is -0.209. The number of carboxylic acid groups (broad SMARTS) is 1. The van der Waals surface area contributed by atoms with Gasteiger partial charge in [-0.2, -0.15) is 0 Å². The van der Waals surface area contributed by atoms with Gasteiger partial charge in [-0.1, -0.05) is 30.0 Å². The molecule has 1 amide bonds. The maximum Gasteiger partial charge on any atom is 0.305 e. The maximum atomic E-state index is 14.0. The molecule has 1 fully saturated rings.